The Kier molecular flexibility index (Phi) is 5.03. The number of para-hydroxylation sites is 1. The van der Waals surface area contributed by atoms with Crippen molar-refractivity contribution in [2.45, 2.75) is 20.8 Å². The number of anilines is 1. The molecule has 0 aliphatic heterocycles. The first kappa shape index (κ1) is 17.3. The highest BCUT2D eigenvalue weighted by molar-refractivity contribution is 6.08. The summed E-state index contributed by atoms with van der Waals surface area (Å²) < 4.78 is 5.01. The van der Waals surface area contributed by atoms with Crippen LogP contribution < -0.4 is 16.2 Å². The molecule has 1 heterocycles. The lowest BCUT2D eigenvalue weighted by molar-refractivity contribution is -0.129. The highest BCUT2D eigenvalue weighted by atomic mass is 16.3. The molecule has 126 valence electrons. The minimum atomic E-state index is -0.639. The maximum atomic E-state index is 12.3. The number of amides is 3. The average Bonchev–Trinajstić information content (AvgIpc) is 3.06. The van der Waals surface area contributed by atoms with Gasteiger partial charge in [0, 0.05) is 5.41 Å². The zero-order chi connectivity index (χ0) is 17.7. The van der Waals surface area contributed by atoms with Crippen LogP contribution in [0.1, 0.15) is 41.7 Å². The van der Waals surface area contributed by atoms with Crippen LogP contribution in [0.25, 0.3) is 0 Å². The van der Waals surface area contributed by atoms with Crippen molar-refractivity contribution in [3.63, 3.8) is 0 Å². The molecule has 3 amide bonds. The highest BCUT2D eigenvalue weighted by Crippen LogP contribution is 2.17. The van der Waals surface area contributed by atoms with E-state index in [1.807, 2.05) is 0 Å². The van der Waals surface area contributed by atoms with Crippen molar-refractivity contribution in [1.82, 2.24) is 10.9 Å². The molecule has 0 aliphatic rings. The van der Waals surface area contributed by atoms with E-state index < -0.39 is 17.2 Å². The number of nitrogens with one attached hydrogen (secondary N) is 3. The zero-order valence-corrected chi connectivity index (χ0v) is 13.7. The summed E-state index contributed by atoms with van der Waals surface area (Å²) in [6, 6.07) is 9.57. The molecule has 7 heteroatoms. The van der Waals surface area contributed by atoms with Crippen LogP contribution in [0.5, 0.6) is 0 Å². The van der Waals surface area contributed by atoms with E-state index in [2.05, 4.69) is 16.2 Å². The molecule has 7 nitrogen and oxygen atoms in total. The maximum Gasteiger partial charge on any atom is 0.291 e. The number of hydrogen-bond acceptors (Lipinski definition) is 4. The summed E-state index contributed by atoms with van der Waals surface area (Å²) in [6.45, 7) is 5.18. The van der Waals surface area contributed by atoms with E-state index in [9.17, 15) is 14.4 Å². The molecule has 2 aromatic rings. The number of hydrogen-bond donors (Lipinski definition) is 3. The van der Waals surface area contributed by atoms with Crippen molar-refractivity contribution in [2.75, 3.05) is 5.32 Å². The highest BCUT2D eigenvalue weighted by Gasteiger charge is 2.22. The van der Waals surface area contributed by atoms with Gasteiger partial charge in [0.25, 0.3) is 11.8 Å². The van der Waals surface area contributed by atoms with E-state index in [1.54, 1.807) is 45.0 Å². The molecule has 0 aliphatic carbocycles. The van der Waals surface area contributed by atoms with Crippen LogP contribution >= 0.6 is 0 Å². The van der Waals surface area contributed by atoms with Gasteiger partial charge in [-0.05, 0) is 24.3 Å². The zero-order valence-electron chi connectivity index (χ0n) is 13.7. The summed E-state index contributed by atoms with van der Waals surface area (Å²) in [6.07, 6.45) is 1.38. The Morgan fingerprint density at radius 1 is 0.917 bits per heavy atom. The fourth-order valence-corrected chi connectivity index (χ4v) is 1.75. The van der Waals surface area contributed by atoms with Crippen LogP contribution in [0.15, 0.2) is 47.1 Å². The molecule has 1 aromatic heterocycles. The fourth-order valence-electron chi connectivity index (χ4n) is 1.75. The molecule has 1 aromatic carbocycles. The number of hydrazine groups is 1. The van der Waals surface area contributed by atoms with Gasteiger partial charge in [0.1, 0.15) is 0 Å². The topological polar surface area (TPSA) is 100 Å². The quantitative estimate of drug-likeness (QED) is 0.752. The maximum absolute atomic E-state index is 12.3. The van der Waals surface area contributed by atoms with E-state index in [0.717, 1.165) is 0 Å². The van der Waals surface area contributed by atoms with Gasteiger partial charge in [-0.25, -0.2) is 0 Å². The summed E-state index contributed by atoms with van der Waals surface area (Å²) in [5, 5.41) is 2.61. The summed E-state index contributed by atoms with van der Waals surface area (Å²) in [4.78, 5) is 36.1. The SMILES string of the molecule is CC(C)(C)C(=O)NNC(=O)c1ccccc1NC(=O)c1ccco1. The third-order valence-electron chi connectivity index (χ3n) is 3.14. The van der Waals surface area contributed by atoms with Crippen LogP contribution in [0.3, 0.4) is 0 Å². The second-order valence-corrected chi connectivity index (χ2v) is 6.14. The summed E-state index contributed by atoms with van der Waals surface area (Å²) in [5.41, 5.74) is 4.58. The largest absolute Gasteiger partial charge is 0.459 e. The first-order valence-corrected chi connectivity index (χ1v) is 7.33. The van der Waals surface area contributed by atoms with Gasteiger partial charge in [-0.15, -0.1) is 0 Å². The standard InChI is InChI=1S/C17H19N3O4/c1-17(2,3)16(23)20-19-14(21)11-7-4-5-8-12(11)18-15(22)13-9-6-10-24-13/h4-10H,1-3H3,(H,18,22)(H,19,21)(H,20,23). The predicted octanol–water partition coefficient (Wildman–Crippen LogP) is 2.34. The number of furan rings is 1. The first-order chi connectivity index (χ1) is 11.3. The van der Waals surface area contributed by atoms with Gasteiger partial charge in [0.2, 0.25) is 5.91 Å². The molecule has 24 heavy (non-hydrogen) atoms. The Balaban J connectivity index is 2.09. The van der Waals surface area contributed by atoms with Crippen molar-refractivity contribution in [3.05, 3.63) is 54.0 Å². The van der Waals surface area contributed by atoms with Gasteiger partial charge in [-0.1, -0.05) is 32.9 Å². The predicted molar refractivity (Wildman–Crippen MR) is 88.2 cm³/mol. The van der Waals surface area contributed by atoms with Gasteiger partial charge in [0.15, 0.2) is 5.76 Å². The number of carbonyl (C=O) groups is 3. The van der Waals surface area contributed by atoms with E-state index >= 15 is 0 Å². The molecular formula is C17H19N3O4. The van der Waals surface area contributed by atoms with Crippen LogP contribution in [-0.2, 0) is 4.79 Å². The molecule has 0 unspecified atom stereocenters. The Hall–Kier alpha value is -3.09. The van der Waals surface area contributed by atoms with Gasteiger partial charge in [0.05, 0.1) is 17.5 Å². The van der Waals surface area contributed by atoms with E-state index in [4.69, 9.17) is 4.42 Å². The molecule has 0 radical (unpaired) electrons. The van der Waals surface area contributed by atoms with Gasteiger partial charge < -0.3 is 9.73 Å². The normalized spacial score (nSPS) is 10.8. The Morgan fingerprint density at radius 2 is 1.62 bits per heavy atom. The molecular weight excluding hydrogens is 310 g/mol. The van der Waals surface area contributed by atoms with Crippen molar-refractivity contribution in [1.29, 1.82) is 0 Å². The Morgan fingerprint density at radius 3 is 2.25 bits per heavy atom. The lowest BCUT2D eigenvalue weighted by atomic mass is 9.96. The molecule has 3 N–H and O–H groups in total. The number of carbonyl (C=O) groups excluding carboxylic acids is 3. The van der Waals surface area contributed by atoms with Crippen LogP contribution in [-0.4, -0.2) is 17.7 Å². The van der Waals surface area contributed by atoms with Gasteiger partial charge in [-0.2, -0.15) is 0 Å². The molecule has 0 atom stereocenters. The van der Waals surface area contributed by atoms with Crippen LogP contribution in [0, 0.1) is 5.41 Å². The molecule has 2 rings (SSSR count). The van der Waals surface area contributed by atoms with Crippen LogP contribution in [0.4, 0.5) is 5.69 Å². The number of rotatable bonds is 3. The molecule has 0 spiro atoms. The van der Waals surface area contributed by atoms with Crippen molar-refractivity contribution >= 4 is 23.4 Å². The van der Waals surface area contributed by atoms with Gasteiger partial charge >= 0.3 is 0 Å². The van der Waals surface area contributed by atoms with E-state index in [1.165, 1.54) is 18.4 Å². The fraction of sp³-hybridized carbons (Fsp3) is 0.235. The van der Waals surface area contributed by atoms with Crippen molar-refractivity contribution in [2.24, 2.45) is 5.41 Å². The summed E-state index contributed by atoms with van der Waals surface area (Å²) in [5.74, 6) is -1.21. The second kappa shape index (κ2) is 6.99. The van der Waals surface area contributed by atoms with Crippen molar-refractivity contribution in [3.8, 4) is 0 Å². The van der Waals surface area contributed by atoms with Gasteiger partial charge in [-0.3, -0.25) is 25.2 Å². The number of benzene rings is 1. The summed E-state index contributed by atoms with van der Waals surface area (Å²) in [7, 11) is 0. The lowest BCUT2D eigenvalue weighted by Crippen LogP contribution is -2.46. The van der Waals surface area contributed by atoms with Crippen LogP contribution in [0.2, 0.25) is 0 Å². The first-order valence-electron chi connectivity index (χ1n) is 7.33. The van der Waals surface area contributed by atoms with E-state index in [-0.39, 0.29) is 17.2 Å². The molecule has 0 saturated heterocycles. The molecule has 0 fully saturated rings. The Bertz CT molecular complexity index is 745. The lowest BCUT2D eigenvalue weighted by Gasteiger charge is -2.18. The smallest absolute Gasteiger partial charge is 0.291 e. The third-order valence-corrected chi connectivity index (χ3v) is 3.14. The van der Waals surface area contributed by atoms with Crippen molar-refractivity contribution < 1.29 is 18.8 Å². The monoisotopic (exact) mass is 329 g/mol. The third kappa shape index (κ3) is 4.22. The molecule has 0 saturated carbocycles. The molecule has 0 bridgehead atoms. The van der Waals surface area contributed by atoms with E-state index in [0.29, 0.717) is 5.69 Å². The minimum Gasteiger partial charge on any atom is -0.459 e. The minimum absolute atomic E-state index is 0.131. The Labute approximate surface area is 139 Å². The average molecular weight is 329 g/mol. The summed E-state index contributed by atoms with van der Waals surface area (Å²) >= 11 is 0. The second-order valence-electron chi connectivity index (χ2n) is 6.14.